The highest BCUT2D eigenvalue weighted by Crippen LogP contribution is 2.32. The number of aromatic nitrogens is 2. The average Bonchev–Trinajstić information content (AvgIpc) is 2.45. The molecule has 0 aliphatic rings. The molecule has 2 nitrogen and oxygen atoms in total. The topological polar surface area (TPSA) is 25.8 Å². The van der Waals surface area contributed by atoms with Gasteiger partial charge >= 0.3 is 0 Å². The fourth-order valence-corrected chi connectivity index (χ4v) is 2.60. The molecule has 0 spiro atoms. The Morgan fingerprint density at radius 2 is 1.67 bits per heavy atom. The number of rotatable bonds is 1. The van der Waals surface area contributed by atoms with E-state index in [9.17, 15) is 8.78 Å². The number of halogens is 4. The van der Waals surface area contributed by atoms with Gasteiger partial charge in [0, 0.05) is 5.56 Å². The summed E-state index contributed by atoms with van der Waals surface area (Å²) in [6.07, 6.45) is 0. The van der Waals surface area contributed by atoms with Crippen molar-refractivity contribution < 1.29 is 8.78 Å². The molecular formula is C15H8Cl2F2N2. The van der Waals surface area contributed by atoms with E-state index in [4.69, 9.17) is 23.2 Å². The molecule has 0 amide bonds. The van der Waals surface area contributed by atoms with Crippen LogP contribution in [-0.2, 0) is 0 Å². The van der Waals surface area contributed by atoms with Gasteiger partial charge in [-0.15, -0.1) is 0 Å². The van der Waals surface area contributed by atoms with Gasteiger partial charge in [0.2, 0.25) is 0 Å². The first-order valence-electron chi connectivity index (χ1n) is 6.05. The zero-order valence-corrected chi connectivity index (χ0v) is 12.3. The Kier molecular flexibility index (Phi) is 3.51. The molecule has 3 rings (SSSR count). The van der Waals surface area contributed by atoms with Gasteiger partial charge in [-0.2, -0.15) is 0 Å². The van der Waals surface area contributed by atoms with Gasteiger partial charge in [-0.05, 0) is 42.8 Å². The third-order valence-corrected chi connectivity index (χ3v) is 3.71. The van der Waals surface area contributed by atoms with Crippen LogP contribution in [0.1, 0.15) is 5.56 Å². The third-order valence-electron chi connectivity index (χ3n) is 3.12. The summed E-state index contributed by atoms with van der Waals surface area (Å²) in [6.45, 7) is 1.62. The summed E-state index contributed by atoms with van der Waals surface area (Å²) < 4.78 is 27.2. The quantitative estimate of drug-likeness (QED) is 0.575. The molecule has 1 aromatic heterocycles. The fraction of sp³-hybridized carbons (Fsp3) is 0.0667. The van der Waals surface area contributed by atoms with E-state index in [2.05, 4.69) is 9.97 Å². The van der Waals surface area contributed by atoms with E-state index < -0.39 is 5.82 Å². The molecule has 0 unspecified atom stereocenters. The lowest BCUT2D eigenvalue weighted by Gasteiger charge is -2.07. The van der Waals surface area contributed by atoms with Crippen LogP contribution in [0.5, 0.6) is 0 Å². The van der Waals surface area contributed by atoms with Crippen molar-refractivity contribution in [3.63, 3.8) is 0 Å². The van der Waals surface area contributed by atoms with Gasteiger partial charge in [0.1, 0.15) is 22.3 Å². The highest BCUT2D eigenvalue weighted by atomic mass is 35.5. The van der Waals surface area contributed by atoms with E-state index in [1.54, 1.807) is 13.0 Å². The molecule has 2 aromatic carbocycles. The van der Waals surface area contributed by atoms with Crippen molar-refractivity contribution in [1.29, 1.82) is 0 Å². The minimum Gasteiger partial charge on any atom is -0.225 e. The molecular weight excluding hydrogens is 317 g/mol. The molecule has 106 valence electrons. The van der Waals surface area contributed by atoms with Crippen LogP contribution in [0.25, 0.3) is 22.3 Å². The molecule has 0 aliphatic carbocycles. The van der Waals surface area contributed by atoms with Gasteiger partial charge in [0.25, 0.3) is 0 Å². The molecule has 3 aromatic rings. The van der Waals surface area contributed by atoms with Gasteiger partial charge in [0.15, 0.2) is 5.82 Å². The monoisotopic (exact) mass is 324 g/mol. The van der Waals surface area contributed by atoms with Crippen LogP contribution < -0.4 is 0 Å². The molecule has 0 bridgehead atoms. The second-order valence-electron chi connectivity index (χ2n) is 4.55. The molecule has 0 saturated carbocycles. The predicted molar refractivity (Wildman–Crippen MR) is 79.6 cm³/mol. The van der Waals surface area contributed by atoms with Crippen LogP contribution in [0.3, 0.4) is 0 Å². The highest BCUT2D eigenvalue weighted by Gasteiger charge is 2.14. The highest BCUT2D eigenvalue weighted by molar-refractivity contribution is 6.41. The van der Waals surface area contributed by atoms with Gasteiger partial charge < -0.3 is 0 Å². The lowest BCUT2D eigenvalue weighted by molar-refractivity contribution is 0.618. The Morgan fingerprint density at radius 3 is 2.38 bits per heavy atom. The maximum Gasteiger partial charge on any atom is 0.161 e. The van der Waals surface area contributed by atoms with Crippen molar-refractivity contribution in [3.8, 4) is 11.4 Å². The number of hydrogen-bond acceptors (Lipinski definition) is 2. The standard InChI is InChI=1S/C15H8Cl2F2N2/c1-7-6-8(2-4-10(7)18)15-20-13-11(19)5-3-9(16)12(13)14(17)21-15/h2-6H,1H3. The second kappa shape index (κ2) is 5.20. The van der Waals surface area contributed by atoms with Gasteiger partial charge in [-0.25, -0.2) is 18.7 Å². The largest absolute Gasteiger partial charge is 0.225 e. The third kappa shape index (κ3) is 2.45. The summed E-state index contributed by atoms with van der Waals surface area (Å²) in [4.78, 5) is 8.29. The smallest absolute Gasteiger partial charge is 0.161 e. The minimum atomic E-state index is -0.543. The number of hydrogen-bond donors (Lipinski definition) is 0. The molecule has 1 heterocycles. The predicted octanol–water partition coefficient (Wildman–Crippen LogP) is 5.19. The molecule has 0 aliphatic heterocycles. The molecule has 0 N–H and O–H groups in total. The van der Waals surface area contributed by atoms with E-state index in [0.717, 1.165) is 0 Å². The van der Waals surface area contributed by atoms with Gasteiger partial charge in [-0.3, -0.25) is 0 Å². The molecule has 0 atom stereocenters. The lowest BCUT2D eigenvalue weighted by atomic mass is 10.1. The van der Waals surface area contributed by atoms with E-state index in [1.807, 2.05) is 0 Å². The second-order valence-corrected chi connectivity index (χ2v) is 5.32. The number of fused-ring (bicyclic) bond motifs is 1. The van der Waals surface area contributed by atoms with Crippen molar-refractivity contribution >= 4 is 34.1 Å². The van der Waals surface area contributed by atoms with Gasteiger partial charge in [-0.1, -0.05) is 23.2 Å². The average molecular weight is 325 g/mol. The maximum absolute atomic E-state index is 13.9. The first-order chi connectivity index (χ1) is 9.97. The fourth-order valence-electron chi connectivity index (χ4n) is 2.04. The van der Waals surface area contributed by atoms with E-state index >= 15 is 0 Å². The lowest BCUT2D eigenvalue weighted by Crippen LogP contribution is -1.95. The molecule has 0 fully saturated rings. The number of nitrogens with zero attached hydrogens (tertiary/aromatic N) is 2. The molecule has 6 heteroatoms. The molecule has 0 radical (unpaired) electrons. The minimum absolute atomic E-state index is 0.0412. The van der Waals surface area contributed by atoms with Crippen molar-refractivity contribution in [2.24, 2.45) is 0 Å². The maximum atomic E-state index is 13.9. The van der Waals surface area contributed by atoms with E-state index in [1.165, 1.54) is 24.3 Å². The zero-order valence-electron chi connectivity index (χ0n) is 10.8. The Bertz CT molecular complexity index is 866. The Balaban J connectivity index is 2.30. The van der Waals surface area contributed by atoms with E-state index in [-0.39, 0.29) is 32.7 Å². The Morgan fingerprint density at radius 1 is 0.952 bits per heavy atom. The van der Waals surface area contributed by atoms with Crippen LogP contribution in [0.15, 0.2) is 30.3 Å². The Hall–Kier alpha value is -1.78. The van der Waals surface area contributed by atoms with Crippen molar-refractivity contribution in [1.82, 2.24) is 9.97 Å². The SMILES string of the molecule is Cc1cc(-c2nc(Cl)c3c(Cl)ccc(F)c3n2)ccc1F. The molecule has 21 heavy (non-hydrogen) atoms. The van der Waals surface area contributed by atoms with Crippen LogP contribution in [0.4, 0.5) is 8.78 Å². The van der Waals surface area contributed by atoms with Crippen molar-refractivity contribution in [2.75, 3.05) is 0 Å². The molecule has 0 saturated heterocycles. The summed E-state index contributed by atoms with van der Waals surface area (Å²) in [6, 6.07) is 7.02. The summed E-state index contributed by atoms with van der Waals surface area (Å²) in [5, 5.41) is 0.598. The van der Waals surface area contributed by atoms with Crippen molar-refractivity contribution in [2.45, 2.75) is 6.92 Å². The van der Waals surface area contributed by atoms with Crippen LogP contribution in [-0.4, -0.2) is 9.97 Å². The summed E-state index contributed by atoms with van der Waals surface area (Å²) in [7, 11) is 0. The first kappa shape index (κ1) is 14.2. The van der Waals surface area contributed by atoms with E-state index in [0.29, 0.717) is 11.1 Å². The van der Waals surface area contributed by atoms with Crippen molar-refractivity contribution in [3.05, 3.63) is 57.7 Å². The van der Waals surface area contributed by atoms with Crippen LogP contribution >= 0.6 is 23.2 Å². The van der Waals surface area contributed by atoms with Crippen LogP contribution in [0, 0.1) is 18.6 Å². The number of benzene rings is 2. The Labute approximate surface area is 129 Å². The first-order valence-corrected chi connectivity index (χ1v) is 6.81. The summed E-state index contributed by atoms with van der Waals surface area (Å²) in [5.74, 6) is -0.657. The normalized spacial score (nSPS) is 11.1. The van der Waals surface area contributed by atoms with Crippen LogP contribution in [0.2, 0.25) is 10.2 Å². The number of aryl methyl sites for hydroxylation is 1. The zero-order chi connectivity index (χ0) is 15.1. The van der Waals surface area contributed by atoms with Gasteiger partial charge in [0.05, 0.1) is 10.4 Å². The summed E-state index contributed by atoms with van der Waals surface area (Å²) in [5.41, 5.74) is 1.04. The summed E-state index contributed by atoms with van der Waals surface area (Å²) >= 11 is 12.1.